The molecule has 0 bridgehead atoms. The number of nitrogens with zero attached hydrogens (tertiary/aromatic N) is 5. The van der Waals surface area contributed by atoms with Crippen LogP contribution in [0.3, 0.4) is 0 Å². The van der Waals surface area contributed by atoms with E-state index >= 15 is 0 Å². The summed E-state index contributed by atoms with van der Waals surface area (Å²) in [5.41, 5.74) is 1.61. The number of hydrogen-bond donors (Lipinski definition) is 0. The number of rotatable bonds is 13. The Hall–Kier alpha value is -3.73. The smallest absolute Gasteiger partial charge is 0.379 e. The lowest BCUT2D eigenvalue weighted by Gasteiger charge is -2.43. The largest absolute Gasteiger partial charge is 0.490 e. The number of aldehydes is 1. The maximum Gasteiger partial charge on any atom is 0.490 e. The average Bonchev–Trinajstić information content (AvgIpc) is 2.80. The van der Waals surface area contributed by atoms with E-state index in [1.807, 2.05) is 36.0 Å². The molecule has 0 saturated carbocycles. The van der Waals surface area contributed by atoms with Gasteiger partial charge in [0.1, 0.15) is 6.34 Å². The molecule has 0 spiro atoms. The van der Waals surface area contributed by atoms with Crippen LogP contribution in [0.25, 0.3) is 0 Å². The van der Waals surface area contributed by atoms with Crippen molar-refractivity contribution in [1.82, 2.24) is 9.80 Å². The van der Waals surface area contributed by atoms with E-state index in [0.717, 1.165) is 24.2 Å². The van der Waals surface area contributed by atoms with Gasteiger partial charge in [0.05, 0.1) is 13.2 Å². The maximum atomic E-state index is 12.6. The molecule has 1 aliphatic heterocycles. The molecule has 188 valence electrons. The molecule has 1 amide bonds. The van der Waals surface area contributed by atoms with Crippen LogP contribution in [0.15, 0.2) is 70.7 Å². The van der Waals surface area contributed by atoms with Crippen LogP contribution in [0.4, 0.5) is 18.9 Å². The molecule has 11 heteroatoms. The van der Waals surface area contributed by atoms with Gasteiger partial charge in [-0.05, 0) is 30.2 Å². The fourth-order valence-corrected chi connectivity index (χ4v) is 3.30. The summed E-state index contributed by atoms with van der Waals surface area (Å²) in [5.74, 6) is 0. The lowest BCUT2D eigenvalue weighted by Crippen LogP contribution is -2.48. The van der Waals surface area contributed by atoms with Crippen LogP contribution < -0.4 is 4.90 Å². The van der Waals surface area contributed by atoms with E-state index < -0.39 is 17.6 Å². The fraction of sp³-hybridized carbons (Fsp3) is 0.333. The minimum absolute atomic E-state index is 0.114. The van der Waals surface area contributed by atoms with Gasteiger partial charge in [0, 0.05) is 56.4 Å². The quantitative estimate of drug-likeness (QED) is 0.0803. The van der Waals surface area contributed by atoms with E-state index in [2.05, 4.69) is 29.1 Å². The van der Waals surface area contributed by atoms with E-state index in [-0.39, 0.29) is 17.3 Å². The third-order valence-electron chi connectivity index (χ3n) is 5.44. The van der Waals surface area contributed by atoms with Crippen molar-refractivity contribution in [3.8, 4) is 0 Å². The Morgan fingerprint density at radius 2 is 1.97 bits per heavy atom. The first-order valence-corrected chi connectivity index (χ1v) is 10.6. The second kappa shape index (κ2) is 12.7. The van der Waals surface area contributed by atoms with E-state index in [4.69, 9.17) is 4.74 Å². The van der Waals surface area contributed by atoms with Crippen molar-refractivity contribution < 1.29 is 27.5 Å². The van der Waals surface area contributed by atoms with Crippen molar-refractivity contribution in [3.63, 3.8) is 0 Å². The van der Waals surface area contributed by atoms with E-state index in [1.54, 1.807) is 18.6 Å². The number of ether oxygens (including phenoxy) is 1. The topological polar surface area (TPSA) is 77.8 Å². The molecule has 1 aromatic rings. The number of benzene rings is 1. The lowest BCUT2D eigenvalue weighted by atomic mass is 9.75. The van der Waals surface area contributed by atoms with Crippen molar-refractivity contribution in [2.75, 3.05) is 38.8 Å². The summed E-state index contributed by atoms with van der Waals surface area (Å²) >= 11 is 0. The second-order valence-corrected chi connectivity index (χ2v) is 7.97. The third kappa shape index (κ3) is 7.92. The zero-order valence-electron chi connectivity index (χ0n) is 19.6. The van der Waals surface area contributed by atoms with Gasteiger partial charge < -0.3 is 14.5 Å². The van der Waals surface area contributed by atoms with Crippen molar-refractivity contribution in [3.05, 3.63) is 66.0 Å². The van der Waals surface area contributed by atoms with Crippen molar-refractivity contribution in [1.29, 1.82) is 0 Å². The van der Waals surface area contributed by atoms with Crippen molar-refractivity contribution >= 4 is 31.4 Å². The Kier molecular flexibility index (Phi) is 9.95. The minimum Gasteiger partial charge on any atom is -0.379 e. The Bertz CT molecular complexity index is 1000. The first-order valence-electron chi connectivity index (χ1n) is 10.6. The second-order valence-electron chi connectivity index (χ2n) is 7.97. The van der Waals surface area contributed by atoms with E-state index in [1.165, 1.54) is 12.2 Å². The predicted octanol–water partition coefficient (Wildman–Crippen LogP) is 3.49. The standard InChI is InChI=1S/C24H28F3N5O3/c1-28-29-18-30(2)12-10-23(16-35-17-23)21-8-6-9-22(13-21)31(3)11-5-4-7-20(15-33)14-32(19-34)24(25,26)27/h4-9,11,13-15,18-19H,1,10,12,16-17H2,2-3H3/b7-4-,11-5+,20-14+,29-18-. The molecule has 35 heavy (non-hydrogen) atoms. The molecular weight excluding hydrogens is 463 g/mol. The van der Waals surface area contributed by atoms with E-state index in [0.29, 0.717) is 19.4 Å². The molecule has 0 aliphatic carbocycles. The third-order valence-corrected chi connectivity index (χ3v) is 5.44. The van der Waals surface area contributed by atoms with E-state index in [9.17, 15) is 22.8 Å². The van der Waals surface area contributed by atoms with Crippen molar-refractivity contribution in [2.45, 2.75) is 18.1 Å². The number of anilines is 1. The van der Waals surface area contributed by atoms with Crippen LogP contribution in [-0.4, -0.2) is 75.7 Å². The molecule has 1 saturated heterocycles. The molecule has 1 aliphatic rings. The van der Waals surface area contributed by atoms with Crippen LogP contribution in [0.2, 0.25) is 0 Å². The van der Waals surface area contributed by atoms with Gasteiger partial charge in [0.25, 0.3) is 0 Å². The van der Waals surface area contributed by atoms with Gasteiger partial charge in [-0.25, -0.2) is 4.90 Å². The monoisotopic (exact) mass is 491 g/mol. The Labute approximate surface area is 202 Å². The summed E-state index contributed by atoms with van der Waals surface area (Å²) in [7, 11) is 3.74. The summed E-state index contributed by atoms with van der Waals surface area (Å²) in [5, 5.41) is 7.25. The average molecular weight is 492 g/mol. The molecule has 2 rings (SSSR count). The summed E-state index contributed by atoms with van der Waals surface area (Å²) in [6.45, 7) is 5.30. The number of amides is 1. The number of hydrogen-bond acceptors (Lipinski definition) is 6. The molecule has 8 nitrogen and oxygen atoms in total. The number of halogens is 3. The zero-order valence-corrected chi connectivity index (χ0v) is 19.6. The Morgan fingerprint density at radius 1 is 1.23 bits per heavy atom. The molecule has 0 N–H and O–H groups in total. The van der Waals surface area contributed by atoms with Crippen LogP contribution in [0.5, 0.6) is 0 Å². The van der Waals surface area contributed by atoms with Crippen LogP contribution in [0, 0.1) is 0 Å². The highest BCUT2D eigenvalue weighted by Gasteiger charge is 2.40. The number of allylic oxidation sites excluding steroid dienone is 4. The van der Waals surface area contributed by atoms with Gasteiger partial charge in [-0.1, -0.05) is 24.3 Å². The highest BCUT2D eigenvalue weighted by atomic mass is 19.4. The number of alkyl halides is 3. The number of carbonyl (C=O) groups is 2. The maximum absolute atomic E-state index is 12.6. The molecular formula is C24H28F3N5O3. The summed E-state index contributed by atoms with van der Waals surface area (Å²) in [6, 6.07) is 8.01. The van der Waals surface area contributed by atoms with Gasteiger partial charge in [0.2, 0.25) is 6.41 Å². The summed E-state index contributed by atoms with van der Waals surface area (Å²) < 4.78 is 43.5. The molecule has 0 aromatic heterocycles. The van der Waals surface area contributed by atoms with Crippen LogP contribution in [-0.2, 0) is 19.7 Å². The molecule has 0 radical (unpaired) electrons. The van der Waals surface area contributed by atoms with Crippen LogP contribution >= 0.6 is 0 Å². The highest BCUT2D eigenvalue weighted by molar-refractivity contribution is 5.78. The molecule has 1 aromatic carbocycles. The summed E-state index contributed by atoms with van der Waals surface area (Å²) in [4.78, 5) is 24.9. The van der Waals surface area contributed by atoms with Gasteiger partial charge in [-0.15, -0.1) is 18.3 Å². The summed E-state index contributed by atoms with van der Waals surface area (Å²) in [6.07, 6.45) is 3.70. The first-order chi connectivity index (χ1) is 16.6. The predicted molar refractivity (Wildman–Crippen MR) is 129 cm³/mol. The normalized spacial score (nSPS) is 15.9. The van der Waals surface area contributed by atoms with Gasteiger partial charge in [0.15, 0.2) is 6.29 Å². The fourth-order valence-electron chi connectivity index (χ4n) is 3.30. The number of carbonyl (C=O) groups excluding carboxylic acids is 2. The van der Waals surface area contributed by atoms with Gasteiger partial charge in [-0.3, -0.25) is 9.59 Å². The zero-order chi connectivity index (χ0) is 25.9. The van der Waals surface area contributed by atoms with Gasteiger partial charge in [-0.2, -0.15) is 5.10 Å². The highest BCUT2D eigenvalue weighted by Crippen LogP contribution is 2.37. The molecule has 0 unspecified atom stereocenters. The first kappa shape index (κ1) is 27.5. The Balaban J connectivity index is 2.08. The molecule has 1 heterocycles. The van der Waals surface area contributed by atoms with Gasteiger partial charge >= 0.3 is 6.30 Å². The minimum atomic E-state index is -4.90. The van der Waals surface area contributed by atoms with Crippen LogP contribution in [0.1, 0.15) is 12.0 Å². The Morgan fingerprint density at radius 3 is 2.54 bits per heavy atom. The SMILES string of the molecule is C=N/N=C\N(C)CCC1(c2cccc(N(C)/C=C/C=C\C(C=O)=C/N(C=O)C(F)(F)F)c2)COC1. The molecule has 0 atom stereocenters. The van der Waals surface area contributed by atoms with Crippen molar-refractivity contribution in [2.24, 2.45) is 10.2 Å². The lowest BCUT2D eigenvalue weighted by molar-refractivity contribution is -0.218. The molecule has 1 fully saturated rings.